The molecule has 0 fully saturated rings. The van der Waals surface area contributed by atoms with E-state index >= 15 is 0 Å². The van der Waals surface area contributed by atoms with E-state index in [0.717, 1.165) is 28.3 Å². The van der Waals surface area contributed by atoms with Gasteiger partial charge in [-0.3, -0.25) is 0 Å². The number of fused-ring (bicyclic) bond motifs is 5. The van der Waals surface area contributed by atoms with Gasteiger partial charge >= 0.3 is 0 Å². The summed E-state index contributed by atoms with van der Waals surface area (Å²) in [5.41, 5.74) is 16.4. The van der Waals surface area contributed by atoms with Crippen molar-refractivity contribution in [3.05, 3.63) is 255 Å². The molecule has 11 aromatic carbocycles. The topological polar surface area (TPSA) is 8.17 Å². The first-order valence-corrected chi connectivity index (χ1v) is 22.0. The molecule has 0 aliphatic carbocycles. The van der Waals surface area contributed by atoms with Gasteiger partial charge in [-0.05, 0) is 127 Å². The molecule has 1 aromatic heterocycles. The highest BCUT2D eigenvalue weighted by atomic mass is 15.1. The predicted molar refractivity (Wildman–Crippen MR) is 272 cm³/mol. The van der Waals surface area contributed by atoms with Crippen molar-refractivity contribution in [2.24, 2.45) is 0 Å². The molecule has 0 bridgehead atoms. The Morgan fingerprint density at radius 1 is 0.266 bits per heavy atom. The molecule has 2 heteroatoms. The second-order valence-electron chi connectivity index (χ2n) is 16.5. The number of hydrogen-bond acceptors (Lipinski definition) is 1. The first-order chi connectivity index (χ1) is 31.7. The summed E-state index contributed by atoms with van der Waals surface area (Å²) in [4.78, 5) is 2.40. The summed E-state index contributed by atoms with van der Waals surface area (Å²) >= 11 is 0. The molecule has 0 amide bonds. The molecule has 0 unspecified atom stereocenters. The van der Waals surface area contributed by atoms with Gasteiger partial charge in [-0.15, -0.1) is 0 Å². The maximum Gasteiger partial charge on any atom is 0.0547 e. The van der Waals surface area contributed by atoms with Crippen molar-refractivity contribution < 1.29 is 0 Å². The molecule has 0 aliphatic heterocycles. The zero-order chi connectivity index (χ0) is 42.4. The molecular formula is C62H42N2. The fourth-order valence-electron chi connectivity index (χ4n) is 9.79. The van der Waals surface area contributed by atoms with Gasteiger partial charge in [-0.1, -0.05) is 194 Å². The first kappa shape index (κ1) is 37.3. The summed E-state index contributed by atoms with van der Waals surface area (Å²) in [6.45, 7) is 0. The lowest BCUT2D eigenvalue weighted by Crippen LogP contribution is -2.10. The second kappa shape index (κ2) is 15.8. The van der Waals surface area contributed by atoms with Gasteiger partial charge in [-0.2, -0.15) is 0 Å². The molecule has 300 valence electrons. The van der Waals surface area contributed by atoms with E-state index in [2.05, 4.69) is 264 Å². The van der Waals surface area contributed by atoms with Gasteiger partial charge in [0, 0.05) is 33.5 Å². The molecule has 0 N–H and O–H groups in total. The molecule has 12 aromatic rings. The van der Waals surface area contributed by atoms with Crippen LogP contribution in [0.5, 0.6) is 0 Å². The minimum atomic E-state index is 1.09. The average Bonchev–Trinajstić information content (AvgIpc) is 3.71. The molecule has 0 saturated heterocycles. The fraction of sp³-hybridized carbons (Fsp3) is 0. The Morgan fingerprint density at radius 2 is 0.719 bits per heavy atom. The lowest BCUT2D eigenvalue weighted by molar-refractivity contribution is 1.18. The summed E-state index contributed by atoms with van der Waals surface area (Å²) in [5, 5.41) is 7.49. The van der Waals surface area contributed by atoms with E-state index in [9.17, 15) is 0 Å². The van der Waals surface area contributed by atoms with Crippen LogP contribution in [0.25, 0.3) is 93.5 Å². The summed E-state index contributed by atoms with van der Waals surface area (Å²) in [6.07, 6.45) is 0. The lowest BCUT2D eigenvalue weighted by Gasteiger charge is -2.27. The second-order valence-corrected chi connectivity index (χ2v) is 16.5. The van der Waals surface area contributed by atoms with Crippen molar-refractivity contribution in [3.8, 4) is 50.2 Å². The van der Waals surface area contributed by atoms with Gasteiger partial charge in [0.1, 0.15) is 0 Å². The van der Waals surface area contributed by atoms with Crippen LogP contribution in [0.3, 0.4) is 0 Å². The third kappa shape index (κ3) is 6.52. The van der Waals surface area contributed by atoms with Crippen molar-refractivity contribution in [3.63, 3.8) is 0 Å². The Kier molecular flexibility index (Phi) is 9.20. The van der Waals surface area contributed by atoms with Crippen LogP contribution in [0.4, 0.5) is 17.1 Å². The van der Waals surface area contributed by atoms with E-state index in [-0.39, 0.29) is 0 Å². The molecule has 64 heavy (non-hydrogen) atoms. The number of benzene rings is 11. The SMILES string of the molecule is c1ccc(-n2c3ccccc3c3c(-c4cccc(N(c5ccc(-c6ccc(-c7cccc8ccccc78)cc6)cc5)c5cccc(-c6cccc7ccccc67)c5)c4)cccc32)cc1. The molecular weight excluding hydrogens is 773 g/mol. The summed E-state index contributed by atoms with van der Waals surface area (Å²) in [7, 11) is 0. The number of hydrogen-bond donors (Lipinski definition) is 0. The molecule has 0 radical (unpaired) electrons. The summed E-state index contributed by atoms with van der Waals surface area (Å²) in [5.74, 6) is 0. The third-order valence-electron chi connectivity index (χ3n) is 12.8. The van der Waals surface area contributed by atoms with Crippen molar-refractivity contribution in [2.75, 3.05) is 4.90 Å². The standard InChI is InChI=1S/C62H42N2/c1-2-21-50(22-3-1)64-60-31-9-8-27-59(60)62-58(30-14-32-61(62)64)49-20-11-24-53(42-49)63(52-23-10-19-48(41-52)57-29-13-18-46-16-5-7-26-55(46)57)51-39-37-44(38-40-51)43-33-35-47(36-34-43)56-28-12-17-45-15-4-6-25-54(45)56/h1-42H. The summed E-state index contributed by atoms with van der Waals surface area (Å²) < 4.78 is 2.39. The minimum absolute atomic E-state index is 1.09. The van der Waals surface area contributed by atoms with E-state index in [1.54, 1.807) is 0 Å². The monoisotopic (exact) mass is 814 g/mol. The Morgan fingerprint density at radius 3 is 1.38 bits per heavy atom. The molecule has 0 spiro atoms. The van der Waals surface area contributed by atoms with E-state index in [0.29, 0.717) is 0 Å². The van der Waals surface area contributed by atoms with Crippen molar-refractivity contribution >= 4 is 60.4 Å². The maximum absolute atomic E-state index is 2.40. The fourth-order valence-corrected chi connectivity index (χ4v) is 9.79. The van der Waals surface area contributed by atoms with E-state index < -0.39 is 0 Å². The highest BCUT2D eigenvalue weighted by Crippen LogP contribution is 2.43. The van der Waals surface area contributed by atoms with Gasteiger partial charge in [-0.25, -0.2) is 0 Å². The third-order valence-corrected chi connectivity index (χ3v) is 12.8. The molecule has 1 heterocycles. The highest BCUT2D eigenvalue weighted by molar-refractivity contribution is 6.16. The first-order valence-electron chi connectivity index (χ1n) is 22.0. The van der Waals surface area contributed by atoms with Gasteiger partial charge in [0.2, 0.25) is 0 Å². The molecule has 0 saturated carbocycles. The number of rotatable bonds is 8. The van der Waals surface area contributed by atoms with Crippen LogP contribution in [-0.2, 0) is 0 Å². The van der Waals surface area contributed by atoms with Crippen molar-refractivity contribution in [2.45, 2.75) is 0 Å². The molecule has 0 aliphatic rings. The van der Waals surface area contributed by atoms with Crippen LogP contribution in [-0.4, -0.2) is 4.57 Å². The van der Waals surface area contributed by atoms with E-state index in [4.69, 9.17) is 0 Å². The largest absolute Gasteiger partial charge is 0.310 e. The number of nitrogens with zero attached hydrogens (tertiary/aromatic N) is 2. The molecule has 0 atom stereocenters. The van der Waals surface area contributed by atoms with Crippen LogP contribution in [0, 0.1) is 0 Å². The maximum atomic E-state index is 2.40. The quantitative estimate of drug-likeness (QED) is 0.148. The van der Waals surface area contributed by atoms with E-state index in [1.807, 2.05) is 0 Å². The Bertz CT molecular complexity index is 3640. The van der Waals surface area contributed by atoms with Gasteiger partial charge in [0.25, 0.3) is 0 Å². The van der Waals surface area contributed by atoms with Gasteiger partial charge < -0.3 is 9.47 Å². The normalized spacial score (nSPS) is 11.4. The van der Waals surface area contributed by atoms with Crippen LogP contribution in [0.2, 0.25) is 0 Å². The van der Waals surface area contributed by atoms with Crippen LogP contribution in [0.1, 0.15) is 0 Å². The zero-order valence-electron chi connectivity index (χ0n) is 35.1. The highest BCUT2D eigenvalue weighted by Gasteiger charge is 2.19. The van der Waals surface area contributed by atoms with Crippen LogP contribution >= 0.6 is 0 Å². The molecule has 12 rings (SSSR count). The Labute approximate surface area is 373 Å². The number of anilines is 3. The van der Waals surface area contributed by atoms with E-state index in [1.165, 1.54) is 82.3 Å². The van der Waals surface area contributed by atoms with Crippen molar-refractivity contribution in [1.29, 1.82) is 0 Å². The van der Waals surface area contributed by atoms with Crippen molar-refractivity contribution in [1.82, 2.24) is 4.57 Å². The minimum Gasteiger partial charge on any atom is -0.310 e. The van der Waals surface area contributed by atoms with Crippen LogP contribution < -0.4 is 4.90 Å². The zero-order valence-corrected chi connectivity index (χ0v) is 35.1. The average molecular weight is 815 g/mol. The predicted octanol–water partition coefficient (Wildman–Crippen LogP) is 17.2. The lowest BCUT2D eigenvalue weighted by atomic mass is 9.96. The summed E-state index contributed by atoms with van der Waals surface area (Å²) in [6, 6.07) is 92.6. The number of para-hydroxylation sites is 2. The Hall–Kier alpha value is -8.46. The van der Waals surface area contributed by atoms with Crippen LogP contribution in [0.15, 0.2) is 255 Å². The molecule has 2 nitrogen and oxygen atoms in total. The number of aromatic nitrogens is 1. The smallest absolute Gasteiger partial charge is 0.0547 e. The van der Waals surface area contributed by atoms with Gasteiger partial charge in [0.15, 0.2) is 0 Å². The Balaban J connectivity index is 0.977. The van der Waals surface area contributed by atoms with Gasteiger partial charge in [0.05, 0.1) is 11.0 Å².